The zero-order chi connectivity index (χ0) is 28.7. The third-order valence-corrected chi connectivity index (χ3v) is 10.3. The van der Waals surface area contributed by atoms with Gasteiger partial charge in [0.1, 0.15) is 25.5 Å². The lowest BCUT2D eigenvalue weighted by Gasteiger charge is -2.40. The van der Waals surface area contributed by atoms with Crippen LogP contribution in [0.15, 0.2) is 66.3 Å². The van der Waals surface area contributed by atoms with Crippen molar-refractivity contribution in [3.05, 3.63) is 82.9 Å². The number of allylic oxidation sites excluding steroid dienone is 1. The van der Waals surface area contributed by atoms with E-state index in [1.807, 2.05) is 25.1 Å². The van der Waals surface area contributed by atoms with Gasteiger partial charge < -0.3 is 24.2 Å². The van der Waals surface area contributed by atoms with E-state index in [0.29, 0.717) is 5.75 Å². The van der Waals surface area contributed by atoms with E-state index in [4.69, 9.17) is 14.2 Å². The second-order valence-corrected chi connectivity index (χ2v) is 13.9. The molecule has 4 rings (SSSR count). The van der Waals surface area contributed by atoms with Crippen LogP contribution >= 0.6 is 10.2 Å². The molecule has 0 spiro atoms. The van der Waals surface area contributed by atoms with E-state index in [0.717, 1.165) is 35.5 Å². The molecule has 0 aromatic heterocycles. The van der Waals surface area contributed by atoms with Crippen molar-refractivity contribution in [2.45, 2.75) is 39.2 Å². The first-order chi connectivity index (χ1) is 19.1. The van der Waals surface area contributed by atoms with Crippen molar-refractivity contribution in [3.8, 4) is 5.75 Å². The van der Waals surface area contributed by atoms with Gasteiger partial charge >= 0.3 is 12.1 Å². The molecule has 2 atom stereocenters. The number of rotatable bonds is 10. The molecule has 1 fully saturated rings. The fourth-order valence-electron chi connectivity index (χ4n) is 5.09. The Labute approximate surface area is 237 Å². The molecule has 0 saturated carbocycles. The highest BCUT2D eigenvalue weighted by atomic mass is 32.3. The van der Waals surface area contributed by atoms with E-state index in [9.17, 15) is 14.4 Å². The number of carbonyl (C=O) groups is 3. The van der Waals surface area contributed by atoms with Crippen LogP contribution in [0.25, 0.3) is 5.57 Å². The number of alkyl carbamates (subject to hydrolysis) is 1. The van der Waals surface area contributed by atoms with Crippen LogP contribution in [0, 0.1) is 0 Å². The molecule has 2 amide bonds. The number of amides is 2. The zero-order valence-corrected chi connectivity index (χ0v) is 24.2. The minimum Gasteiger partial charge on any atom is -0.484 e. The van der Waals surface area contributed by atoms with Crippen LogP contribution in [0.4, 0.5) is 4.79 Å². The van der Waals surface area contributed by atoms with E-state index in [1.54, 1.807) is 24.3 Å². The summed E-state index contributed by atoms with van der Waals surface area (Å²) in [6.07, 6.45) is 3.55. The molecule has 9 heteroatoms. The van der Waals surface area contributed by atoms with Gasteiger partial charge in [0, 0.05) is 11.7 Å². The number of benzene rings is 2. The standard InChI is InChI=1S/C31H38N2O6S/c1-21-8-7-15-40(4,20-21)33-29(34)19-37-25-13-11-24(12-14-25)17-38-30(35)16-32-31(36)39-18-28-23(3)22(2)26-9-5-6-10-27(26)28/h5-6,9-14,28H,1,7-8,15-20H2,2-4H3,(H,32,36)(H,33,34). The average molecular weight is 567 g/mol. The summed E-state index contributed by atoms with van der Waals surface area (Å²) in [6, 6.07) is 15.1. The summed E-state index contributed by atoms with van der Waals surface area (Å²) < 4.78 is 19.4. The van der Waals surface area contributed by atoms with Crippen LogP contribution in [0.1, 0.15) is 49.3 Å². The van der Waals surface area contributed by atoms with Crippen LogP contribution in [0.3, 0.4) is 0 Å². The maximum Gasteiger partial charge on any atom is 0.407 e. The maximum absolute atomic E-state index is 12.4. The van der Waals surface area contributed by atoms with Gasteiger partial charge in [-0.15, -0.1) is 0 Å². The molecular formula is C31H38N2O6S. The normalized spacial score (nSPS) is 21.6. The third kappa shape index (κ3) is 7.69. The topological polar surface area (TPSA) is 103 Å². The minimum absolute atomic E-state index is 0.0111. The fraction of sp³-hybridized carbons (Fsp3) is 0.387. The Kier molecular flexibility index (Phi) is 9.58. The van der Waals surface area contributed by atoms with Gasteiger partial charge in [0.25, 0.3) is 5.91 Å². The number of carbonyl (C=O) groups excluding carboxylic acids is 3. The summed E-state index contributed by atoms with van der Waals surface area (Å²) in [5.41, 5.74) is 6.66. The molecule has 1 heterocycles. The summed E-state index contributed by atoms with van der Waals surface area (Å²) >= 11 is 0. The molecule has 2 unspecified atom stereocenters. The third-order valence-electron chi connectivity index (χ3n) is 7.31. The highest BCUT2D eigenvalue weighted by molar-refractivity contribution is 8.32. The number of fused-ring (bicyclic) bond motifs is 1. The summed E-state index contributed by atoms with van der Waals surface area (Å²) in [5, 5.41) is 2.45. The van der Waals surface area contributed by atoms with Gasteiger partial charge in [-0.05, 0) is 73.1 Å². The van der Waals surface area contributed by atoms with Gasteiger partial charge in [-0.3, -0.25) is 9.59 Å². The van der Waals surface area contributed by atoms with Crippen molar-refractivity contribution < 1.29 is 28.6 Å². The Morgan fingerprint density at radius 2 is 1.80 bits per heavy atom. The first-order valence-corrected chi connectivity index (χ1v) is 15.8. The second kappa shape index (κ2) is 13.1. The molecule has 2 aliphatic rings. The lowest BCUT2D eigenvalue weighted by atomic mass is 9.98. The van der Waals surface area contributed by atoms with Crippen LogP contribution in [-0.4, -0.2) is 55.5 Å². The van der Waals surface area contributed by atoms with Gasteiger partial charge in [0.05, 0.1) is 0 Å². The van der Waals surface area contributed by atoms with Gasteiger partial charge in [-0.2, -0.15) is 10.2 Å². The van der Waals surface area contributed by atoms with Crippen molar-refractivity contribution in [2.24, 2.45) is 0 Å². The van der Waals surface area contributed by atoms with E-state index in [-0.39, 0.29) is 38.2 Å². The van der Waals surface area contributed by atoms with E-state index in [1.165, 1.54) is 22.3 Å². The Balaban J connectivity index is 1.13. The zero-order valence-electron chi connectivity index (χ0n) is 23.4. The Bertz CT molecular complexity index is 1310. The minimum atomic E-state index is -1.21. The Morgan fingerprint density at radius 1 is 1.05 bits per heavy atom. The quantitative estimate of drug-likeness (QED) is 0.301. The molecule has 1 saturated heterocycles. The molecule has 2 aromatic rings. The maximum atomic E-state index is 12.4. The van der Waals surface area contributed by atoms with Gasteiger partial charge in [-0.25, -0.2) is 4.79 Å². The second-order valence-electron chi connectivity index (χ2n) is 10.5. The van der Waals surface area contributed by atoms with Crippen LogP contribution < -0.4 is 14.8 Å². The largest absolute Gasteiger partial charge is 0.484 e. The van der Waals surface area contributed by atoms with Crippen molar-refractivity contribution in [1.82, 2.24) is 10.0 Å². The van der Waals surface area contributed by atoms with Crippen LogP contribution in [-0.2, 0) is 25.7 Å². The number of ether oxygens (including phenoxy) is 3. The molecule has 1 aliphatic carbocycles. The van der Waals surface area contributed by atoms with Crippen molar-refractivity contribution in [3.63, 3.8) is 0 Å². The number of esters is 1. The molecule has 0 bridgehead atoms. The molecular weight excluding hydrogens is 528 g/mol. The summed E-state index contributed by atoms with van der Waals surface area (Å²) in [7, 11) is -1.21. The van der Waals surface area contributed by atoms with Crippen LogP contribution in [0.2, 0.25) is 0 Å². The highest BCUT2D eigenvalue weighted by Crippen LogP contribution is 2.46. The molecule has 2 N–H and O–H groups in total. The first-order valence-electron chi connectivity index (χ1n) is 13.4. The first kappa shape index (κ1) is 29.3. The van der Waals surface area contributed by atoms with Crippen molar-refractivity contribution >= 4 is 33.8 Å². The molecule has 0 radical (unpaired) electrons. The van der Waals surface area contributed by atoms with E-state index in [2.05, 4.69) is 35.9 Å². The Morgan fingerprint density at radius 3 is 2.55 bits per heavy atom. The van der Waals surface area contributed by atoms with Crippen molar-refractivity contribution in [1.29, 1.82) is 0 Å². The van der Waals surface area contributed by atoms with Gasteiger partial charge in [-0.1, -0.05) is 54.1 Å². The summed E-state index contributed by atoms with van der Waals surface area (Å²) in [6.45, 7) is 8.09. The van der Waals surface area contributed by atoms with Gasteiger partial charge in [0.2, 0.25) is 0 Å². The monoisotopic (exact) mass is 566 g/mol. The molecule has 2 aromatic carbocycles. The predicted octanol–water partition coefficient (Wildman–Crippen LogP) is 5.24. The van der Waals surface area contributed by atoms with E-state index < -0.39 is 22.3 Å². The number of nitrogens with one attached hydrogen (secondary N) is 2. The molecule has 8 nitrogen and oxygen atoms in total. The SMILES string of the molecule is C=C1CCCS(C)(NC(=O)COc2ccc(COC(=O)CNC(=O)OCC3C(C)=C(C)c4ccccc43)cc2)C1. The number of hydrogen-bond donors (Lipinski definition) is 2. The van der Waals surface area contributed by atoms with Crippen molar-refractivity contribution in [2.75, 3.05) is 37.5 Å². The smallest absolute Gasteiger partial charge is 0.407 e. The number of hydrogen-bond acceptors (Lipinski definition) is 6. The summed E-state index contributed by atoms with van der Waals surface area (Å²) in [5.74, 6) is 1.73. The molecule has 40 heavy (non-hydrogen) atoms. The van der Waals surface area contributed by atoms with Crippen LogP contribution in [0.5, 0.6) is 5.75 Å². The van der Waals surface area contributed by atoms with Gasteiger partial charge in [0.15, 0.2) is 6.61 Å². The lowest BCUT2D eigenvalue weighted by molar-refractivity contribution is -0.143. The Hall–Kier alpha value is -3.72. The van der Waals surface area contributed by atoms with E-state index >= 15 is 0 Å². The fourth-order valence-corrected chi connectivity index (χ4v) is 7.85. The average Bonchev–Trinajstić information content (AvgIpc) is 3.17. The highest BCUT2D eigenvalue weighted by Gasteiger charge is 2.27. The lowest BCUT2D eigenvalue weighted by Crippen LogP contribution is -2.36. The predicted molar refractivity (Wildman–Crippen MR) is 158 cm³/mol. The molecule has 1 aliphatic heterocycles. The molecule has 214 valence electrons. The summed E-state index contributed by atoms with van der Waals surface area (Å²) in [4.78, 5) is 36.7.